The molecule has 2 rings (SSSR count). The number of thiophene rings is 1. The van der Waals surface area contributed by atoms with Crippen LogP contribution in [0.25, 0.3) is 0 Å². The quantitative estimate of drug-likeness (QED) is 0.773. The van der Waals surface area contributed by atoms with E-state index in [0.717, 1.165) is 15.8 Å². The molecule has 0 aliphatic carbocycles. The number of nitrogens with zero attached hydrogens (tertiary/aromatic N) is 1. The van der Waals surface area contributed by atoms with Crippen molar-refractivity contribution in [2.24, 2.45) is 0 Å². The molecule has 0 bridgehead atoms. The molecule has 0 aliphatic rings. The minimum absolute atomic E-state index is 0.0644. The summed E-state index contributed by atoms with van der Waals surface area (Å²) < 4.78 is 2.83. The molecule has 0 saturated heterocycles. The van der Waals surface area contributed by atoms with Crippen molar-refractivity contribution in [2.45, 2.75) is 6.54 Å². The van der Waals surface area contributed by atoms with Crippen LogP contribution in [-0.2, 0) is 6.54 Å². The number of halogens is 3. The van der Waals surface area contributed by atoms with Crippen LogP contribution in [-0.4, -0.2) is 10.4 Å². The molecule has 0 aromatic carbocycles. The molecule has 0 unspecified atom stereocenters. The van der Waals surface area contributed by atoms with Gasteiger partial charge in [0.25, 0.3) is 5.56 Å². The Kier molecular flexibility index (Phi) is 4.27. The molecule has 18 heavy (non-hydrogen) atoms. The van der Waals surface area contributed by atoms with E-state index >= 15 is 0 Å². The van der Waals surface area contributed by atoms with E-state index in [1.54, 1.807) is 12.3 Å². The van der Waals surface area contributed by atoms with Crippen LogP contribution < -0.4 is 5.56 Å². The number of carbonyl (C=O) groups is 1. The lowest BCUT2D eigenvalue weighted by Gasteiger charge is -2.04. The Morgan fingerprint density at radius 3 is 2.72 bits per heavy atom. The molecule has 0 aliphatic heterocycles. The second-order valence-electron chi connectivity index (χ2n) is 3.47. The topological polar surface area (TPSA) is 39.1 Å². The second kappa shape index (κ2) is 5.57. The number of hydrogen-bond donors (Lipinski definition) is 0. The molecule has 0 saturated carbocycles. The first-order valence-electron chi connectivity index (χ1n) is 4.81. The highest BCUT2D eigenvalue weighted by molar-refractivity contribution is 9.10. The molecule has 94 valence electrons. The summed E-state index contributed by atoms with van der Waals surface area (Å²) in [5, 5.41) is 0. The van der Waals surface area contributed by atoms with E-state index in [9.17, 15) is 9.59 Å². The van der Waals surface area contributed by atoms with Crippen molar-refractivity contribution in [2.75, 3.05) is 0 Å². The van der Waals surface area contributed by atoms with Gasteiger partial charge in [-0.15, -0.1) is 11.3 Å². The molecule has 7 heteroatoms. The molecular formula is C11H6BrCl2NO2S. The van der Waals surface area contributed by atoms with Gasteiger partial charge >= 0.3 is 0 Å². The number of pyridine rings is 1. The lowest BCUT2D eigenvalue weighted by Crippen LogP contribution is -2.22. The maximum atomic E-state index is 12.0. The first kappa shape index (κ1) is 13.8. The summed E-state index contributed by atoms with van der Waals surface area (Å²) >= 11 is 16.0. The first-order valence-corrected chi connectivity index (χ1v) is 7.18. The number of aromatic nitrogens is 1. The highest BCUT2D eigenvalue weighted by Crippen LogP contribution is 2.31. The summed E-state index contributed by atoms with van der Waals surface area (Å²) in [4.78, 5) is 23.6. The minimum atomic E-state index is -0.247. The fourth-order valence-electron chi connectivity index (χ4n) is 1.40. The van der Waals surface area contributed by atoms with Crippen LogP contribution in [0.15, 0.2) is 33.7 Å². The molecule has 0 radical (unpaired) electrons. The van der Waals surface area contributed by atoms with Crippen molar-refractivity contribution >= 4 is 56.3 Å². The number of carbonyl (C=O) groups excluding carboxylic acids is 1. The van der Waals surface area contributed by atoms with Crippen LogP contribution in [0.4, 0.5) is 0 Å². The first-order chi connectivity index (χ1) is 8.47. The van der Waals surface area contributed by atoms with Crippen LogP contribution >= 0.6 is 50.5 Å². The Hall–Kier alpha value is -0.620. The predicted octanol–water partition coefficient (Wildman–Crippen LogP) is 3.86. The van der Waals surface area contributed by atoms with Crippen LogP contribution in [0.1, 0.15) is 10.4 Å². The van der Waals surface area contributed by atoms with Gasteiger partial charge in [0, 0.05) is 16.7 Å². The second-order valence-corrected chi connectivity index (χ2v) is 6.68. The Balaban J connectivity index is 2.29. The number of Topliss-reactive ketones (excluding diaryl/α,β-unsaturated/α-hetero) is 1. The smallest absolute Gasteiger partial charge is 0.251 e. The Bertz CT molecular complexity index is 665. The monoisotopic (exact) mass is 365 g/mol. The van der Waals surface area contributed by atoms with Gasteiger partial charge in [0.15, 0.2) is 5.78 Å². The molecule has 2 heterocycles. The normalized spacial score (nSPS) is 10.6. The molecule has 2 aromatic rings. The Morgan fingerprint density at radius 1 is 1.39 bits per heavy atom. The van der Waals surface area contributed by atoms with E-state index in [4.69, 9.17) is 23.2 Å². The molecule has 2 aromatic heterocycles. The van der Waals surface area contributed by atoms with Crippen LogP contribution in [0.2, 0.25) is 8.67 Å². The highest BCUT2D eigenvalue weighted by Gasteiger charge is 2.15. The molecular weight excluding hydrogens is 361 g/mol. The standard InChI is InChI=1S/C11H6BrCl2NO2S/c12-6-1-2-10(17)15(4-6)5-8(16)7-3-9(13)18-11(7)14/h1-4H,5H2. The van der Waals surface area contributed by atoms with Gasteiger partial charge in [-0.05, 0) is 28.1 Å². The summed E-state index contributed by atoms with van der Waals surface area (Å²) in [6.45, 7) is -0.0644. The van der Waals surface area contributed by atoms with Gasteiger partial charge in [-0.3, -0.25) is 9.59 Å². The average Bonchev–Trinajstić information content (AvgIpc) is 2.63. The lowest BCUT2D eigenvalue weighted by molar-refractivity contribution is 0.0971. The zero-order valence-electron chi connectivity index (χ0n) is 8.82. The fourth-order valence-corrected chi connectivity index (χ4v) is 3.27. The van der Waals surface area contributed by atoms with E-state index < -0.39 is 0 Å². The van der Waals surface area contributed by atoms with E-state index in [-0.39, 0.29) is 17.9 Å². The van der Waals surface area contributed by atoms with Crippen LogP contribution in [0.5, 0.6) is 0 Å². The maximum Gasteiger partial charge on any atom is 0.251 e. The molecule has 3 nitrogen and oxygen atoms in total. The summed E-state index contributed by atoms with van der Waals surface area (Å²) in [6, 6.07) is 4.53. The van der Waals surface area contributed by atoms with Crippen molar-refractivity contribution in [3.05, 3.63) is 53.5 Å². The van der Waals surface area contributed by atoms with Crippen molar-refractivity contribution in [1.82, 2.24) is 4.57 Å². The van der Waals surface area contributed by atoms with E-state index in [1.165, 1.54) is 16.7 Å². The number of rotatable bonds is 3. The van der Waals surface area contributed by atoms with Gasteiger partial charge in [0.05, 0.1) is 16.4 Å². The summed E-state index contributed by atoms with van der Waals surface area (Å²) in [5.74, 6) is -0.247. The van der Waals surface area contributed by atoms with Crippen LogP contribution in [0.3, 0.4) is 0 Å². The Labute approximate surface area is 125 Å². The number of hydrogen-bond acceptors (Lipinski definition) is 3. The minimum Gasteiger partial charge on any atom is -0.307 e. The van der Waals surface area contributed by atoms with E-state index in [0.29, 0.717) is 14.2 Å². The highest BCUT2D eigenvalue weighted by atomic mass is 79.9. The van der Waals surface area contributed by atoms with Gasteiger partial charge in [-0.1, -0.05) is 23.2 Å². The van der Waals surface area contributed by atoms with E-state index in [1.807, 2.05) is 0 Å². The van der Waals surface area contributed by atoms with Crippen molar-refractivity contribution in [3.63, 3.8) is 0 Å². The predicted molar refractivity (Wildman–Crippen MR) is 77.1 cm³/mol. The number of ketones is 1. The summed E-state index contributed by atoms with van der Waals surface area (Å²) in [6.07, 6.45) is 1.56. The maximum absolute atomic E-state index is 12.0. The third kappa shape index (κ3) is 3.03. The van der Waals surface area contributed by atoms with Gasteiger partial charge in [-0.25, -0.2) is 0 Å². The molecule has 0 amide bonds. The summed E-state index contributed by atoms with van der Waals surface area (Å²) in [5.41, 5.74) is 0.0996. The summed E-state index contributed by atoms with van der Waals surface area (Å²) in [7, 11) is 0. The van der Waals surface area contributed by atoms with Gasteiger partial charge < -0.3 is 4.57 Å². The fraction of sp³-hybridized carbons (Fsp3) is 0.0909. The van der Waals surface area contributed by atoms with Crippen molar-refractivity contribution < 1.29 is 4.79 Å². The van der Waals surface area contributed by atoms with Gasteiger partial charge in [0.2, 0.25) is 0 Å². The third-order valence-corrected chi connectivity index (χ3v) is 4.18. The zero-order valence-corrected chi connectivity index (χ0v) is 12.7. The zero-order chi connectivity index (χ0) is 13.3. The van der Waals surface area contributed by atoms with E-state index in [2.05, 4.69) is 15.9 Å². The van der Waals surface area contributed by atoms with Crippen molar-refractivity contribution in [3.8, 4) is 0 Å². The van der Waals surface area contributed by atoms with Gasteiger partial charge in [0.1, 0.15) is 4.34 Å². The SMILES string of the molecule is O=C(Cn1cc(Br)ccc1=O)c1cc(Cl)sc1Cl. The lowest BCUT2D eigenvalue weighted by atomic mass is 10.2. The third-order valence-electron chi connectivity index (χ3n) is 2.22. The molecule has 0 fully saturated rings. The Morgan fingerprint density at radius 2 is 2.11 bits per heavy atom. The largest absolute Gasteiger partial charge is 0.307 e. The molecule has 0 atom stereocenters. The van der Waals surface area contributed by atoms with Crippen molar-refractivity contribution in [1.29, 1.82) is 0 Å². The molecule has 0 N–H and O–H groups in total. The average molecular weight is 367 g/mol. The molecule has 0 spiro atoms. The van der Waals surface area contributed by atoms with Crippen LogP contribution in [0, 0.1) is 0 Å². The van der Waals surface area contributed by atoms with Gasteiger partial charge in [-0.2, -0.15) is 0 Å².